The van der Waals surface area contributed by atoms with Crippen molar-refractivity contribution in [1.29, 1.82) is 0 Å². The average Bonchev–Trinajstić information content (AvgIpc) is 2.09. The van der Waals surface area contributed by atoms with Gasteiger partial charge in [0.15, 0.2) is 0 Å². The first kappa shape index (κ1) is 12.9. The summed E-state index contributed by atoms with van der Waals surface area (Å²) in [7, 11) is 4.21. The van der Waals surface area contributed by atoms with E-state index in [1.165, 1.54) is 6.42 Å². The molecule has 0 bridgehead atoms. The van der Waals surface area contributed by atoms with Gasteiger partial charge in [-0.15, -0.1) is 0 Å². The van der Waals surface area contributed by atoms with E-state index in [0.717, 1.165) is 26.3 Å². The molecule has 0 spiro atoms. The van der Waals surface area contributed by atoms with Crippen molar-refractivity contribution < 1.29 is 4.74 Å². The first-order valence-electron chi connectivity index (χ1n) is 5.12. The fourth-order valence-corrected chi connectivity index (χ4v) is 1.08. The molecule has 1 unspecified atom stereocenters. The summed E-state index contributed by atoms with van der Waals surface area (Å²) in [4.78, 5) is 2.21. The summed E-state index contributed by atoms with van der Waals surface area (Å²) in [5, 5.41) is 3.42. The van der Waals surface area contributed by atoms with Crippen LogP contribution in [-0.4, -0.2) is 51.3 Å². The monoisotopic (exact) mass is 188 g/mol. The fraction of sp³-hybridized carbons (Fsp3) is 1.00. The maximum atomic E-state index is 5.24. The molecule has 0 aromatic rings. The van der Waals surface area contributed by atoms with Gasteiger partial charge < -0.3 is 15.0 Å². The molecule has 0 aromatic heterocycles. The molecule has 0 saturated heterocycles. The maximum Gasteiger partial charge on any atom is 0.0590 e. The molecule has 0 rings (SSSR count). The zero-order valence-corrected chi connectivity index (χ0v) is 9.47. The summed E-state index contributed by atoms with van der Waals surface area (Å²) < 4.78 is 5.24. The summed E-state index contributed by atoms with van der Waals surface area (Å²) >= 11 is 0. The Morgan fingerprint density at radius 2 is 2.08 bits per heavy atom. The van der Waals surface area contributed by atoms with Crippen molar-refractivity contribution in [2.45, 2.75) is 26.3 Å². The van der Waals surface area contributed by atoms with Gasteiger partial charge in [0.25, 0.3) is 0 Å². The minimum atomic E-state index is 0.586. The van der Waals surface area contributed by atoms with Crippen molar-refractivity contribution in [3.63, 3.8) is 0 Å². The van der Waals surface area contributed by atoms with Crippen LogP contribution in [0.2, 0.25) is 0 Å². The molecule has 1 atom stereocenters. The van der Waals surface area contributed by atoms with Crippen LogP contribution in [0.5, 0.6) is 0 Å². The fourth-order valence-electron chi connectivity index (χ4n) is 1.08. The van der Waals surface area contributed by atoms with E-state index in [1.807, 2.05) is 6.92 Å². The molecule has 0 aliphatic rings. The van der Waals surface area contributed by atoms with Gasteiger partial charge in [0, 0.05) is 19.2 Å². The van der Waals surface area contributed by atoms with Gasteiger partial charge in [0.2, 0.25) is 0 Å². The second-order valence-corrected chi connectivity index (χ2v) is 3.64. The van der Waals surface area contributed by atoms with Crippen LogP contribution in [-0.2, 0) is 4.74 Å². The van der Waals surface area contributed by atoms with Crippen LogP contribution in [0.1, 0.15) is 20.3 Å². The Labute approximate surface area is 82.4 Å². The van der Waals surface area contributed by atoms with E-state index in [1.54, 1.807) is 0 Å². The van der Waals surface area contributed by atoms with Gasteiger partial charge in [-0.05, 0) is 40.9 Å². The molecule has 0 aromatic carbocycles. The van der Waals surface area contributed by atoms with Gasteiger partial charge in [-0.1, -0.05) is 0 Å². The highest BCUT2D eigenvalue weighted by Crippen LogP contribution is 1.91. The first-order chi connectivity index (χ1) is 6.16. The summed E-state index contributed by atoms with van der Waals surface area (Å²) in [6, 6.07) is 0.586. The number of nitrogens with one attached hydrogen (secondary N) is 1. The summed E-state index contributed by atoms with van der Waals surface area (Å²) in [6.45, 7) is 7.98. The molecule has 3 nitrogen and oxygen atoms in total. The van der Waals surface area contributed by atoms with Crippen molar-refractivity contribution in [2.24, 2.45) is 0 Å². The molecule has 0 saturated carbocycles. The molecular weight excluding hydrogens is 164 g/mol. The highest BCUT2D eigenvalue weighted by molar-refractivity contribution is 4.61. The van der Waals surface area contributed by atoms with Crippen LogP contribution in [0.25, 0.3) is 0 Å². The molecule has 0 fully saturated rings. The molecule has 3 heteroatoms. The first-order valence-corrected chi connectivity index (χ1v) is 5.12. The second-order valence-electron chi connectivity index (χ2n) is 3.64. The molecule has 1 N–H and O–H groups in total. The standard InChI is InChI=1S/C10H24N2O/c1-5-13-9-7-11-10(2)6-8-12(3)4/h10-11H,5-9H2,1-4H3. The number of hydrogen-bond acceptors (Lipinski definition) is 3. The molecule has 0 aliphatic heterocycles. The van der Waals surface area contributed by atoms with Crippen LogP contribution >= 0.6 is 0 Å². The van der Waals surface area contributed by atoms with E-state index in [-0.39, 0.29) is 0 Å². The molecule has 0 radical (unpaired) electrons. The van der Waals surface area contributed by atoms with Crippen molar-refractivity contribution >= 4 is 0 Å². The number of rotatable bonds is 8. The third-order valence-electron chi connectivity index (χ3n) is 1.95. The Morgan fingerprint density at radius 3 is 2.62 bits per heavy atom. The third kappa shape index (κ3) is 9.80. The average molecular weight is 188 g/mol. The highest BCUT2D eigenvalue weighted by Gasteiger charge is 2.00. The Hall–Kier alpha value is -0.120. The lowest BCUT2D eigenvalue weighted by atomic mass is 10.2. The zero-order valence-electron chi connectivity index (χ0n) is 9.47. The Bertz CT molecular complexity index is 107. The van der Waals surface area contributed by atoms with Gasteiger partial charge in [0.05, 0.1) is 6.61 Å². The van der Waals surface area contributed by atoms with Crippen LogP contribution in [0, 0.1) is 0 Å². The van der Waals surface area contributed by atoms with Crippen molar-refractivity contribution in [1.82, 2.24) is 10.2 Å². The van der Waals surface area contributed by atoms with E-state index in [0.29, 0.717) is 6.04 Å². The topological polar surface area (TPSA) is 24.5 Å². The van der Waals surface area contributed by atoms with Gasteiger partial charge in [-0.2, -0.15) is 0 Å². The van der Waals surface area contributed by atoms with Crippen LogP contribution in [0.15, 0.2) is 0 Å². The molecular formula is C10H24N2O. The van der Waals surface area contributed by atoms with Crippen LogP contribution in [0.4, 0.5) is 0 Å². The van der Waals surface area contributed by atoms with Crippen LogP contribution in [0.3, 0.4) is 0 Å². The Morgan fingerprint density at radius 1 is 1.38 bits per heavy atom. The molecule has 80 valence electrons. The minimum absolute atomic E-state index is 0.586. The largest absolute Gasteiger partial charge is 0.380 e. The van der Waals surface area contributed by atoms with Gasteiger partial charge in [-0.25, -0.2) is 0 Å². The normalized spacial score (nSPS) is 13.6. The molecule has 0 aliphatic carbocycles. The Kier molecular flexibility index (Phi) is 8.40. The van der Waals surface area contributed by atoms with Gasteiger partial charge in [-0.3, -0.25) is 0 Å². The highest BCUT2D eigenvalue weighted by atomic mass is 16.5. The minimum Gasteiger partial charge on any atom is -0.380 e. The molecule has 13 heavy (non-hydrogen) atoms. The van der Waals surface area contributed by atoms with Gasteiger partial charge >= 0.3 is 0 Å². The third-order valence-corrected chi connectivity index (χ3v) is 1.95. The number of hydrogen-bond donors (Lipinski definition) is 1. The zero-order chi connectivity index (χ0) is 10.1. The van der Waals surface area contributed by atoms with E-state index >= 15 is 0 Å². The predicted octanol–water partition coefficient (Wildman–Crippen LogP) is 0.953. The van der Waals surface area contributed by atoms with Crippen molar-refractivity contribution in [3.05, 3.63) is 0 Å². The van der Waals surface area contributed by atoms with E-state index in [4.69, 9.17) is 4.74 Å². The summed E-state index contributed by atoms with van der Waals surface area (Å²) in [5.41, 5.74) is 0. The lowest BCUT2D eigenvalue weighted by Crippen LogP contribution is -2.32. The number of ether oxygens (including phenoxy) is 1. The molecule has 0 amide bonds. The summed E-state index contributed by atoms with van der Waals surface area (Å²) in [6.07, 6.45) is 1.19. The number of nitrogens with zero attached hydrogens (tertiary/aromatic N) is 1. The SMILES string of the molecule is CCOCCNC(C)CCN(C)C. The molecule has 0 heterocycles. The van der Waals surface area contributed by atoms with Gasteiger partial charge in [0.1, 0.15) is 0 Å². The maximum absolute atomic E-state index is 5.24. The van der Waals surface area contributed by atoms with Crippen LogP contribution < -0.4 is 5.32 Å². The van der Waals surface area contributed by atoms with Crippen molar-refractivity contribution in [3.8, 4) is 0 Å². The lowest BCUT2D eigenvalue weighted by molar-refractivity contribution is 0.146. The quantitative estimate of drug-likeness (QED) is 0.574. The second kappa shape index (κ2) is 8.48. The van der Waals surface area contributed by atoms with E-state index < -0.39 is 0 Å². The van der Waals surface area contributed by atoms with E-state index in [2.05, 4.69) is 31.2 Å². The van der Waals surface area contributed by atoms with E-state index in [9.17, 15) is 0 Å². The Balaban J connectivity index is 3.15. The summed E-state index contributed by atoms with van der Waals surface area (Å²) in [5.74, 6) is 0. The smallest absolute Gasteiger partial charge is 0.0590 e. The lowest BCUT2D eigenvalue weighted by Gasteiger charge is -2.16. The van der Waals surface area contributed by atoms with Crippen molar-refractivity contribution in [2.75, 3.05) is 40.4 Å². The predicted molar refractivity (Wildman–Crippen MR) is 57.1 cm³/mol.